The molecule has 0 bridgehead atoms. The molecule has 2 amide bonds. The Morgan fingerprint density at radius 2 is 1.34 bits per heavy atom. The maximum absolute atomic E-state index is 13.6. The number of nitrogens with zero attached hydrogens (tertiary/aromatic N) is 4. The minimum absolute atomic E-state index is 0.000237. The van der Waals surface area contributed by atoms with Crippen LogP contribution in [0.3, 0.4) is 0 Å². The van der Waals surface area contributed by atoms with E-state index in [1.54, 1.807) is 13.0 Å². The smallest absolute Gasteiger partial charge is 0.416 e. The van der Waals surface area contributed by atoms with Gasteiger partial charge < -0.3 is 14.5 Å². The van der Waals surface area contributed by atoms with Gasteiger partial charge in [0.1, 0.15) is 0 Å². The lowest BCUT2D eigenvalue weighted by Gasteiger charge is -2.21. The van der Waals surface area contributed by atoms with E-state index in [0.29, 0.717) is 24.6 Å². The second-order valence-corrected chi connectivity index (χ2v) is 15.4. The number of piperidine rings is 2. The molecule has 1 aromatic heterocycles. The van der Waals surface area contributed by atoms with Crippen molar-refractivity contribution in [3.8, 4) is 0 Å². The molecule has 0 spiro atoms. The second-order valence-electron chi connectivity index (χ2n) is 13.7. The summed E-state index contributed by atoms with van der Waals surface area (Å²) in [7, 11) is -3.74. The summed E-state index contributed by atoms with van der Waals surface area (Å²) in [5.41, 5.74) is -0.789. The Labute approximate surface area is 300 Å². The van der Waals surface area contributed by atoms with Crippen LogP contribution in [0.2, 0.25) is 0 Å². The number of carbonyl (C=O) groups is 3. The Bertz CT molecular complexity index is 2020. The van der Waals surface area contributed by atoms with Gasteiger partial charge in [-0.15, -0.1) is 0 Å². The van der Waals surface area contributed by atoms with E-state index in [2.05, 4.69) is 9.28 Å². The van der Waals surface area contributed by atoms with Crippen molar-refractivity contribution < 1.29 is 58.1 Å². The van der Waals surface area contributed by atoms with Gasteiger partial charge in [-0.1, -0.05) is 24.3 Å². The van der Waals surface area contributed by atoms with Crippen LogP contribution in [0.4, 0.5) is 26.3 Å². The average Bonchev–Trinajstić information content (AvgIpc) is 3.91. The van der Waals surface area contributed by atoms with Crippen molar-refractivity contribution in [1.29, 1.82) is 0 Å². The fourth-order valence-corrected chi connectivity index (χ4v) is 7.14. The molecule has 2 saturated carbocycles. The molecule has 286 valence electrons. The average molecular weight is 771 g/mol. The molecular formula is C35H36F6N4O7S. The molecule has 11 nitrogen and oxygen atoms in total. The number of likely N-dealkylation sites (tertiary alicyclic amines) is 2. The minimum atomic E-state index is -4.60. The minimum Gasteiger partial charge on any atom is -0.462 e. The molecule has 7 rings (SSSR count). The third-order valence-corrected chi connectivity index (χ3v) is 10.2. The molecule has 2 aliphatic carbocycles. The number of halogens is 6. The molecule has 4 fully saturated rings. The van der Waals surface area contributed by atoms with Crippen molar-refractivity contribution in [3.63, 3.8) is 0 Å². The van der Waals surface area contributed by atoms with Crippen LogP contribution in [0.5, 0.6) is 0 Å². The fourth-order valence-electron chi connectivity index (χ4n) is 6.79. The first-order valence-corrected chi connectivity index (χ1v) is 18.6. The van der Waals surface area contributed by atoms with E-state index in [9.17, 15) is 49.1 Å². The molecule has 2 saturated heterocycles. The van der Waals surface area contributed by atoms with Gasteiger partial charge in [0.25, 0.3) is 10.1 Å². The highest BCUT2D eigenvalue weighted by molar-refractivity contribution is 7.85. The number of ether oxygens (including phenoxy) is 1. The Kier molecular flexibility index (Phi) is 10.4. The number of amides is 2. The molecule has 53 heavy (non-hydrogen) atoms. The van der Waals surface area contributed by atoms with Crippen LogP contribution in [0.15, 0.2) is 48.8 Å². The van der Waals surface area contributed by atoms with E-state index in [0.717, 1.165) is 31.2 Å². The lowest BCUT2D eigenvalue weighted by Crippen LogP contribution is -2.29. The van der Waals surface area contributed by atoms with E-state index in [1.807, 2.05) is 0 Å². The summed E-state index contributed by atoms with van der Waals surface area (Å²) in [6.45, 7) is 2.43. The maximum Gasteiger partial charge on any atom is 0.416 e. The van der Waals surface area contributed by atoms with Crippen molar-refractivity contribution >= 4 is 27.9 Å². The molecule has 4 aliphatic rings. The van der Waals surface area contributed by atoms with Crippen molar-refractivity contribution in [2.24, 2.45) is 23.7 Å². The largest absolute Gasteiger partial charge is 0.462 e. The highest BCUT2D eigenvalue weighted by Gasteiger charge is 2.53. The number of hydrogen-bond acceptors (Lipinski definition) is 8. The SMILES string of the molecule is CCOC(=O)c1cnn(Cc2ccc(CN3CC4CC4C3=O)c(C(F)(F)F)c2)c1.CS(=O)(=O)OCc1ccc(CN2CC3CC3C2=O)c(C(F)(F)F)c1. The number of aromatic nitrogens is 2. The van der Waals surface area contributed by atoms with Gasteiger partial charge >= 0.3 is 18.3 Å². The lowest BCUT2D eigenvalue weighted by molar-refractivity contribution is -0.140. The van der Waals surface area contributed by atoms with Gasteiger partial charge in [-0.3, -0.25) is 18.5 Å². The normalized spacial score (nSPS) is 22.0. The quantitative estimate of drug-likeness (QED) is 0.147. The molecule has 2 aromatic carbocycles. The highest BCUT2D eigenvalue weighted by atomic mass is 32.2. The first kappa shape index (κ1) is 38.3. The number of fused-ring (bicyclic) bond motifs is 2. The summed E-state index contributed by atoms with van der Waals surface area (Å²) in [6, 6.07) is 7.64. The summed E-state index contributed by atoms with van der Waals surface area (Å²) in [6.07, 6.45) is -3.84. The Morgan fingerprint density at radius 3 is 1.79 bits per heavy atom. The van der Waals surface area contributed by atoms with Crippen molar-refractivity contribution in [2.75, 3.05) is 26.0 Å². The van der Waals surface area contributed by atoms with Crippen LogP contribution < -0.4 is 0 Å². The zero-order valence-corrected chi connectivity index (χ0v) is 29.4. The molecule has 18 heteroatoms. The topological polar surface area (TPSA) is 128 Å². The van der Waals surface area contributed by atoms with E-state index in [1.165, 1.54) is 45.1 Å². The van der Waals surface area contributed by atoms with E-state index < -0.39 is 46.2 Å². The third kappa shape index (κ3) is 9.20. The van der Waals surface area contributed by atoms with E-state index in [4.69, 9.17) is 4.74 Å². The molecule has 2 aliphatic heterocycles. The molecular weight excluding hydrogens is 734 g/mol. The Hall–Kier alpha value is -4.45. The highest BCUT2D eigenvalue weighted by Crippen LogP contribution is 2.48. The van der Waals surface area contributed by atoms with Crippen LogP contribution in [-0.2, 0) is 67.2 Å². The van der Waals surface area contributed by atoms with Crippen LogP contribution in [0, 0.1) is 23.7 Å². The van der Waals surface area contributed by atoms with Crippen LogP contribution in [-0.4, -0.2) is 71.7 Å². The van der Waals surface area contributed by atoms with Crippen LogP contribution in [0.25, 0.3) is 0 Å². The molecule has 0 N–H and O–H groups in total. The van der Waals surface area contributed by atoms with Gasteiger partial charge in [-0.2, -0.15) is 39.9 Å². The van der Waals surface area contributed by atoms with Gasteiger partial charge in [-0.05, 0) is 66.0 Å². The monoisotopic (exact) mass is 770 g/mol. The van der Waals surface area contributed by atoms with Crippen LogP contribution in [0.1, 0.15) is 63.5 Å². The van der Waals surface area contributed by atoms with E-state index >= 15 is 0 Å². The summed E-state index contributed by atoms with van der Waals surface area (Å²) in [5.74, 6) is -0.0659. The Balaban J connectivity index is 0.000000185. The summed E-state index contributed by atoms with van der Waals surface area (Å²) >= 11 is 0. The number of alkyl halides is 6. The fraction of sp³-hybridized carbons (Fsp3) is 0.486. The summed E-state index contributed by atoms with van der Waals surface area (Å²) in [5, 5.41) is 4.02. The molecule has 4 unspecified atom stereocenters. The van der Waals surface area contributed by atoms with Gasteiger partial charge in [0.2, 0.25) is 11.8 Å². The third-order valence-electron chi connectivity index (χ3n) is 9.62. The molecule has 0 radical (unpaired) electrons. The van der Waals surface area contributed by atoms with Gasteiger partial charge in [-0.25, -0.2) is 4.79 Å². The zero-order valence-electron chi connectivity index (χ0n) is 28.6. The predicted molar refractivity (Wildman–Crippen MR) is 174 cm³/mol. The van der Waals surface area contributed by atoms with Gasteiger partial charge in [0, 0.05) is 44.2 Å². The van der Waals surface area contributed by atoms with E-state index in [-0.39, 0.29) is 78.1 Å². The van der Waals surface area contributed by atoms with Gasteiger partial charge in [0.15, 0.2) is 0 Å². The summed E-state index contributed by atoms with van der Waals surface area (Å²) in [4.78, 5) is 38.7. The van der Waals surface area contributed by atoms with Crippen molar-refractivity contribution in [3.05, 3.63) is 87.7 Å². The standard InChI is InChI=1S/C20H20F3N3O3.C15H16F3NO4S/c1-2-29-19(28)15-7-24-26(11-15)8-12-3-4-13(17(5-12)20(21,22)23)9-25-10-14-6-16(14)18(25)27;1-24(21,22)23-8-9-2-3-10(13(4-9)15(16,17)18)6-19-7-11-5-12(11)14(19)20/h3-5,7,11,14,16H,2,6,8-10H2,1H3;2-4,11-12H,5-8H2,1H3. The van der Waals surface area contributed by atoms with Gasteiger partial charge in [0.05, 0.1) is 48.9 Å². The maximum atomic E-state index is 13.6. The predicted octanol–water partition coefficient (Wildman–Crippen LogP) is 5.27. The van der Waals surface area contributed by atoms with Crippen molar-refractivity contribution in [2.45, 2.75) is 58.4 Å². The van der Waals surface area contributed by atoms with Crippen molar-refractivity contribution in [1.82, 2.24) is 19.6 Å². The second kappa shape index (κ2) is 14.4. The zero-order chi connectivity index (χ0) is 38.5. The van der Waals surface area contributed by atoms with Crippen LogP contribution >= 0.6 is 0 Å². The lowest BCUT2D eigenvalue weighted by atomic mass is 10.0. The number of carbonyl (C=O) groups excluding carboxylic acids is 3. The number of esters is 1. The summed E-state index contributed by atoms with van der Waals surface area (Å²) < 4.78 is 114. The molecule has 3 heterocycles. The molecule has 3 aromatic rings. The number of rotatable bonds is 11. The molecule has 4 atom stereocenters. The number of benzene rings is 2. The Morgan fingerprint density at radius 1 is 0.830 bits per heavy atom. The number of hydrogen-bond donors (Lipinski definition) is 0. The first-order valence-electron chi connectivity index (χ1n) is 16.8. The first-order chi connectivity index (χ1) is 24.8.